The number of nitrogens with zero attached hydrogens (tertiary/aromatic N) is 2. The summed E-state index contributed by atoms with van der Waals surface area (Å²) in [6.07, 6.45) is 2.95. The lowest BCUT2D eigenvalue weighted by molar-refractivity contribution is 0.774. The molecule has 0 unspecified atom stereocenters. The van der Waals surface area contributed by atoms with Crippen LogP contribution in [0.4, 0.5) is 0 Å². The highest BCUT2D eigenvalue weighted by Gasteiger charge is 2.00. The molecule has 1 aromatic heterocycles. The standard InChI is InChI=1S/C18H25ClN4S/c1-3-20-18(21-11-4-5-17-23-14(2)13-24-17)22-12-10-15-6-8-16(19)9-7-15/h6-9,13H,3-5,10-12H2,1-2H3,(H2,20,21,22). The average molecular weight is 365 g/mol. The molecule has 0 aliphatic heterocycles. The molecule has 130 valence electrons. The molecular formula is C18H25ClN4S. The summed E-state index contributed by atoms with van der Waals surface area (Å²) in [5.41, 5.74) is 2.37. The lowest BCUT2D eigenvalue weighted by Crippen LogP contribution is -2.38. The van der Waals surface area contributed by atoms with Crippen molar-refractivity contribution in [3.8, 4) is 0 Å². The fraction of sp³-hybridized carbons (Fsp3) is 0.444. The van der Waals surface area contributed by atoms with Gasteiger partial charge in [0, 0.05) is 42.2 Å². The number of nitrogens with one attached hydrogen (secondary N) is 2. The minimum Gasteiger partial charge on any atom is -0.357 e. The van der Waals surface area contributed by atoms with Gasteiger partial charge in [-0.1, -0.05) is 23.7 Å². The maximum absolute atomic E-state index is 5.91. The summed E-state index contributed by atoms with van der Waals surface area (Å²) >= 11 is 7.64. The lowest BCUT2D eigenvalue weighted by atomic mass is 10.1. The smallest absolute Gasteiger partial charge is 0.191 e. The molecule has 6 heteroatoms. The number of halogens is 1. The maximum atomic E-state index is 5.91. The number of aliphatic imine (C=N–C) groups is 1. The van der Waals surface area contributed by atoms with Crippen LogP contribution in [0, 0.1) is 6.92 Å². The van der Waals surface area contributed by atoms with Gasteiger partial charge in [-0.3, -0.25) is 4.99 Å². The Bertz CT molecular complexity index is 637. The van der Waals surface area contributed by atoms with Crippen LogP contribution in [-0.4, -0.2) is 30.6 Å². The van der Waals surface area contributed by atoms with Gasteiger partial charge in [0.2, 0.25) is 0 Å². The van der Waals surface area contributed by atoms with Gasteiger partial charge in [0.1, 0.15) is 0 Å². The van der Waals surface area contributed by atoms with E-state index in [1.54, 1.807) is 11.3 Å². The number of aromatic nitrogens is 1. The van der Waals surface area contributed by atoms with Gasteiger partial charge in [-0.05, 0) is 44.4 Å². The van der Waals surface area contributed by atoms with Gasteiger partial charge in [0.05, 0.1) is 5.01 Å². The molecule has 24 heavy (non-hydrogen) atoms. The Morgan fingerprint density at radius 2 is 2.00 bits per heavy atom. The molecule has 0 saturated carbocycles. The molecule has 0 atom stereocenters. The van der Waals surface area contributed by atoms with E-state index < -0.39 is 0 Å². The fourth-order valence-electron chi connectivity index (χ4n) is 2.26. The Labute approximate surface area is 153 Å². The Hall–Kier alpha value is -1.59. The van der Waals surface area contributed by atoms with Crippen molar-refractivity contribution in [3.05, 3.63) is 50.9 Å². The van der Waals surface area contributed by atoms with E-state index in [4.69, 9.17) is 11.6 Å². The third kappa shape index (κ3) is 6.89. The third-order valence-corrected chi connectivity index (χ3v) is 4.73. The van der Waals surface area contributed by atoms with Crippen molar-refractivity contribution < 1.29 is 0 Å². The molecular weight excluding hydrogens is 340 g/mol. The molecule has 2 aromatic rings. The fourth-order valence-corrected chi connectivity index (χ4v) is 3.20. The molecule has 1 heterocycles. The van der Waals surface area contributed by atoms with E-state index in [1.165, 1.54) is 10.6 Å². The zero-order valence-corrected chi connectivity index (χ0v) is 15.9. The lowest BCUT2D eigenvalue weighted by Gasteiger charge is -2.11. The molecule has 0 bridgehead atoms. The van der Waals surface area contributed by atoms with Crippen LogP contribution in [0.15, 0.2) is 34.6 Å². The SMILES string of the molecule is CCNC(=NCCCc1nc(C)cs1)NCCc1ccc(Cl)cc1. The van der Waals surface area contributed by atoms with Crippen LogP contribution in [0.5, 0.6) is 0 Å². The summed E-state index contributed by atoms with van der Waals surface area (Å²) in [7, 11) is 0. The first-order valence-corrected chi connectivity index (χ1v) is 9.60. The summed E-state index contributed by atoms with van der Waals surface area (Å²) in [5.74, 6) is 0.877. The first-order chi connectivity index (χ1) is 11.7. The number of hydrogen-bond donors (Lipinski definition) is 2. The van der Waals surface area contributed by atoms with Crippen molar-refractivity contribution in [2.24, 2.45) is 4.99 Å². The molecule has 2 rings (SSSR count). The van der Waals surface area contributed by atoms with Crippen molar-refractivity contribution in [3.63, 3.8) is 0 Å². The second-order valence-corrected chi connectivity index (χ2v) is 6.93. The van der Waals surface area contributed by atoms with Crippen molar-refractivity contribution in [2.75, 3.05) is 19.6 Å². The number of aryl methyl sites for hydroxylation is 2. The Morgan fingerprint density at radius 1 is 1.21 bits per heavy atom. The first kappa shape index (κ1) is 18.7. The van der Waals surface area contributed by atoms with Crippen LogP contribution in [0.3, 0.4) is 0 Å². The van der Waals surface area contributed by atoms with E-state index in [-0.39, 0.29) is 0 Å². The van der Waals surface area contributed by atoms with E-state index in [0.29, 0.717) is 0 Å². The third-order valence-electron chi connectivity index (χ3n) is 3.45. The van der Waals surface area contributed by atoms with Crippen LogP contribution >= 0.6 is 22.9 Å². The summed E-state index contributed by atoms with van der Waals surface area (Å²) in [6, 6.07) is 7.97. The molecule has 0 aliphatic rings. The van der Waals surface area contributed by atoms with Crippen molar-refractivity contribution in [2.45, 2.75) is 33.1 Å². The molecule has 4 nitrogen and oxygen atoms in total. The molecule has 0 radical (unpaired) electrons. The van der Waals surface area contributed by atoms with Gasteiger partial charge in [0.25, 0.3) is 0 Å². The van der Waals surface area contributed by atoms with Crippen LogP contribution in [0.1, 0.15) is 29.6 Å². The Balaban J connectivity index is 1.72. The van der Waals surface area contributed by atoms with Gasteiger partial charge in [-0.2, -0.15) is 0 Å². The van der Waals surface area contributed by atoms with Crippen LogP contribution in [-0.2, 0) is 12.8 Å². The summed E-state index contributed by atoms with van der Waals surface area (Å²) in [5, 5.41) is 10.7. The van der Waals surface area contributed by atoms with E-state index in [0.717, 1.165) is 55.6 Å². The van der Waals surface area contributed by atoms with Gasteiger partial charge in [-0.15, -0.1) is 11.3 Å². The van der Waals surface area contributed by atoms with Gasteiger partial charge in [0.15, 0.2) is 5.96 Å². The van der Waals surface area contributed by atoms with Crippen molar-refractivity contribution >= 4 is 28.9 Å². The van der Waals surface area contributed by atoms with E-state index >= 15 is 0 Å². The molecule has 0 spiro atoms. The predicted octanol–water partition coefficient (Wildman–Crippen LogP) is 3.84. The molecule has 0 fully saturated rings. The number of hydrogen-bond acceptors (Lipinski definition) is 3. The van der Waals surface area contributed by atoms with Crippen LogP contribution in [0.25, 0.3) is 0 Å². The first-order valence-electron chi connectivity index (χ1n) is 8.35. The summed E-state index contributed by atoms with van der Waals surface area (Å²) in [6.45, 7) is 6.62. The zero-order valence-electron chi connectivity index (χ0n) is 14.3. The number of thiazole rings is 1. The number of guanidine groups is 1. The predicted molar refractivity (Wildman–Crippen MR) is 104 cm³/mol. The second-order valence-electron chi connectivity index (χ2n) is 5.55. The monoisotopic (exact) mass is 364 g/mol. The number of benzene rings is 1. The largest absolute Gasteiger partial charge is 0.357 e. The molecule has 2 N–H and O–H groups in total. The van der Waals surface area contributed by atoms with E-state index in [2.05, 4.69) is 45.0 Å². The van der Waals surface area contributed by atoms with Crippen LogP contribution in [0.2, 0.25) is 5.02 Å². The highest BCUT2D eigenvalue weighted by Crippen LogP contribution is 2.11. The van der Waals surface area contributed by atoms with Gasteiger partial charge in [-0.25, -0.2) is 4.98 Å². The Morgan fingerprint density at radius 3 is 2.67 bits per heavy atom. The molecule has 1 aromatic carbocycles. The minimum atomic E-state index is 0.775. The average Bonchev–Trinajstić information content (AvgIpc) is 2.99. The molecule has 0 aliphatic carbocycles. The van der Waals surface area contributed by atoms with Crippen LogP contribution < -0.4 is 10.6 Å². The molecule has 0 saturated heterocycles. The topological polar surface area (TPSA) is 49.3 Å². The molecule has 0 amide bonds. The van der Waals surface area contributed by atoms with E-state index in [1.807, 2.05) is 19.1 Å². The highest BCUT2D eigenvalue weighted by atomic mass is 35.5. The normalized spacial score (nSPS) is 11.5. The van der Waals surface area contributed by atoms with Gasteiger partial charge < -0.3 is 10.6 Å². The maximum Gasteiger partial charge on any atom is 0.191 e. The quantitative estimate of drug-likeness (QED) is 0.425. The minimum absolute atomic E-state index is 0.775. The second kappa shape index (κ2) is 10.3. The zero-order chi connectivity index (χ0) is 17.2. The van der Waals surface area contributed by atoms with Crippen molar-refractivity contribution in [1.29, 1.82) is 0 Å². The van der Waals surface area contributed by atoms with Gasteiger partial charge >= 0.3 is 0 Å². The Kier molecular flexibility index (Phi) is 8.05. The van der Waals surface area contributed by atoms with Crippen molar-refractivity contribution in [1.82, 2.24) is 15.6 Å². The summed E-state index contributed by atoms with van der Waals surface area (Å²) in [4.78, 5) is 9.11. The van der Waals surface area contributed by atoms with E-state index in [9.17, 15) is 0 Å². The number of rotatable bonds is 8. The highest BCUT2D eigenvalue weighted by molar-refractivity contribution is 7.09. The summed E-state index contributed by atoms with van der Waals surface area (Å²) < 4.78 is 0.